The molecule has 0 aliphatic carbocycles. The van der Waals surface area contributed by atoms with Crippen molar-refractivity contribution in [2.24, 2.45) is 0 Å². The van der Waals surface area contributed by atoms with Crippen molar-refractivity contribution < 1.29 is 4.79 Å². The van der Waals surface area contributed by atoms with Gasteiger partial charge < -0.3 is 10.2 Å². The molecule has 164 valence electrons. The average Bonchev–Trinajstić information content (AvgIpc) is 3.20. The number of amides is 1. The minimum absolute atomic E-state index is 0.0667. The minimum atomic E-state index is -0.0667. The number of rotatable bonds is 8. The molecule has 3 aromatic rings. The number of thioether (sulfide) groups is 1. The SMILES string of the molecule is CCCSc1nc(N2CCCCC2)c2cnn(CCNC(=O)c3cccc(C)c3)c2n1. The number of piperidine rings is 1. The number of nitrogens with zero attached hydrogens (tertiary/aromatic N) is 5. The first-order chi connectivity index (χ1) is 15.2. The smallest absolute Gasteiger partial charge is 0.251 e. The minimum Gasteiger partial charge on any atom is -0.356 e. The number of nitrogens with one attached hydrogen (secondary N) is 1. The van der Waals surface area contributed by atoms with E-state index in [-0.39, 0.29) is 5.91 Å². The molecule has 1 amide bonds. The lowest BCUT2D eigenvalue weighted by atomic mass is 10.1. The van der Waals surface area contributed by atoms with Gasteiger partial charge in [0.05, 0.1) is 18.1 Å². The van der Waals surface area contributed by atoms with Gasteiger partial charge in [-0.05, 0) is 44.7 Å². The van der Waals surface area contributed by atoms with Gasteiger partial charge in [0.15, 0.2) is 10.8 Å². The Morgan fingerprint density at radius 3 is 2.81 bits per heavy atom. The van der Waals surface area contributed by atoms with E-state index in [0.29, 0.717) is 18.7 Å². The molecule has 3 heterocycles. The summed E-state index contributed by atoms with van der Waals surface area (Å²) < 4.78 is 1.89. The molecule has 1 fully saturated rings. The van der Waals surface area contributed by atoms with Crippen LogP contribution in [-0.4, -0.2) is 51.0 Å². The van der Waals surface area contributed by atoms with E-state index in [2.05, 4.69) is 22.2 Å². The maximum atomic E-state index is 12.4. The van der Waals surface area contributed by atoms with E-state index in [0.717, 1.165) is 52.8 Å². The molecular weight excluding hydrogens is 408 g/mol. The summed E-state index contributed by atoms with van der Waals surface area (Å²) >= 11 is 1.69. The van der Waals surface area contributed by atoms with Crippen molar-refractivity contribution in [2.45, 2.75) is 51.2 Å². The van der Waals surface area contributed by atoms with Crippen LogP contribution in [0.5, 0.6) is 0 Å². The number of carbonyl (C=O) groups is 1. The standard InChI is InChI=1S/C23H30N6OS/c1-3-14-31-23-26-20(28-11-5-4-6-12-28)19-16-25-29(21(19)27-23)13-10-24-22(30)18-9-7-8-17(2)15-18/h7-9,15-16H,3-6,10-14H2,1-2H3,(H,24,30). The van der Waals surface area contributed by atoms with Crippen LogP contribution in [-0.2, 0) is 6.54 Å². The normalized spacial score (nSPS) is 14.2. The molecule has 31 heavy (non-hydrogen) atoms. The number of hydrogen-bond acceptors (Lipinski definition) is 6. The quantitative estimate of drug-likeness (QED) is 0.422. The highest BCUT2D eigenvalue weighted by Crippen LogP contribution is 2.29. The van der Waals surface area contributed by atoms with Gasteiger partial charge in [-0.15, -0.1) is 0 Å². The first-order valence-electron chi connectivity index (χ1n) is 11.1. The van der Waals surface area contributed by atoms with Crippen molar-refractivity contribution in [3.05, 3.63) is 41.6 Å². The Morgan fingerprint density at radius 1 is 1.19 bits per heavy atom. The molecule has 1 N–H and O–H groups in total. The van der Waals surface area contributed by atoms with Crippen LogP contribution in [0.1, 0.15) is 48.5 Å². The van der Waals surface area contributed by atoms with Gasteiger partial charge in [0.2, 0.25) is 0 Å². The van der Waals surface area contributed by atoms with Crippen molar-refractivity contribution >= 4 is 34.5 Å². The zero-order valence-electron chi connectivity index (χ0n) is 18.3. The summed E-state index contributed by atoms with van der Waals surface area (Å²) in [6, 6.07) is 7.62. The highest BCUT2D eigenvalue weighted by molar-refractivity contribution is 7.99. The fraction of sp³-hybridized carbons (Fsp3) is 0.478. The molecule has 0 unspecified atom stereocenters. The van der Waals surface area contributed by atoms with E-state index in [4.69, 9.17) is 9.97 Å². The van der Waals surface area contributed by atoms with Crippen molar-refractivity contribution in [3.63, 3.8) is 0 Å². The fourth-order valence-electron chi connectivity index (χ4n) is 3.85. The topological polar surface area (TPSA) is 75.9 Å². The molecule has 1 saturated heterocycles. The lowest BCUT2D eigenvalue weighted by Gasteiger charge is -2.28. The molecule has 0 radical (unpaired) electrons. The highest BCUT2D eigenvalue weighted by atomic mass is 32.2. The number of hydrogen-bond donors (Lipinski definition) is 1. The molecule has 0 bridgehead atoms. The van der Waals surface area contributed by atoms with Gasteiger partial charge in [0.1, 0.15) is 5.82 Å². The van der Waals surface area contributed by atoms with E-state index in [1.54, 1.807) is 11.8 Å². The molecule has 1 aromatic carbocycles. The van der Waals surface area contributed by atoms with Gasteiger partial charge in [-0.2, -0.15) is 5.10 Å². The highest BCUT2D eigenvalue weighted by Gasteiger charge is 2.20. The van der Waals surface area contributed by atoms with Crippen LogP contribution in [0.4, 0.5) is 5.82 Å². The van der Waals surface area contributed by atoms with Crippen LogP contribution < -0.4 is 10.2 Å². The zero-order valence-corrected chi connectivity index (χ0v) is 19.1. The molecule has 1 aliphatic heterocycles. The molecule has 8 heteroatoms. The third-order valence-electron chi connectivity index (χ3n) is 5.44. The molecule has 7 nitrogen and oxygen atoms in total. The maximum absolute atomic E-state index is 12.4. The molecule has 0 saturated carbocycles. The molecule has 2 aromatic heterocycles. The predicted octanol–water partition coefficient (Wildman–Crippen LogP) is 4.06. The van der Waals surface area contributed by atoms with Gasteiger partial charge in [0, 0.05) is 31.0 Å². The van der Waals surface area contributed by atoms with Gasteiger partial charge >= 0.3 is 0 Å². The van der Waals surface area contributed by atoms with Gasteiger partial charge in [-0.25, -0.2) is 14.6 Å². The van der Waals surface area contributed by atoms with E-state index in [1.165, 1.54) is 19.3 Å². The van der Waals surface area contributed by atoms with E-state index >= 15 is 0 Å². The van der Waals surface area contributed by atoms with Crippen molar-refractivity contribution in [3.8, 4) is 0 Å². The predicted molar refractivity (Wildman–Crippen MR) is 126 cm³/mol. The Labute approximate surface area is 187 Å². The summed E-state index contributed by atoms with van der Waals surface area (Å²) in [5.41, 5.74) is 2.60. The molecular formula is C23H30N6OS. The number of aromatic nitrogens is 4. The summed E-state index contributed by atoms with van der Waals surface area (Å²) in [5.74, 6) is 1.92. The average molecular weight is 439 g/mol. The van der Waals surface area contributed by atoms with E-state index in [9.17, 15) is 4.79 Å². The number of benzene rings is 1. The lowest BCUT2D eigenvalue weighted by Crippen LogP contribution is -2.30. The monoisotopic (exact) mass is 438 g/mol. The van der Waals surface area contributed by atoms with Crippen LogP contribution in [0.25, 0.3) is 11.0 Å². The molecule has 0 spiro atoms. The summed E-state index contributed by atoms with van der Waals surface area (Å²) in [7, 11) is 0. The van der Waals surface area contributed by atoms with Crippen LogP contribution in [0.2, 0.25) is 0 Å². The lowest BCUT2D eigenvalue weighted by molar-refractivity contribution is 0.0952. The third kappa shape index (κ3) is 5.18. The Kier molecular flexibility index (Phi) is 7.06. The summed E-state index contributed by atoms with van der Waals surface area (Å²) in [6.45, 7) is 7.27. The Balaban J connectivity index is 1.52. The zero-order chi connectivity index (χ0) is 21.6. The summed E-state index contributed by atoms with van der Waals surface area (Å²) in [6.07, 6.45) is 6.62. The van der Waals surface area contributed by atoms with Crippen LogP contribution in [0, 0.1) is 6.92 Å². The molecule has 1 aliphatic rings. The maximum Gasteiger partial charge on any atom is 0.251 e. The Morgan fingerprint density at radius 2 is 2.03 bits per heavy atom. The number of fused-ring (bicyclic) bond motifs is 1. The van der Waals surface area contributed by atoms with E-state index < -0.39 is 0 Å². The fourth-order valence-corrected chi connectivity index (χ4v) is 4.54. The van der Waals surface area contributed by atoms with Crippen LogP contribution in [0.3, 0.4) is 0 Å². The summed E-state index contributed by atoms with van der Waals surface area (Å²) in [5, 5.41) is 9.38. The Bertz CT molecular complexity index is 1040. The summed E-state index contributed by atoms with van der Waals surface area (Å²) in [4.78, 5) is 24.5. The van der Waals surface area contributed by atoms with Gasteiger partial charge in [-0.3, -0.25) is 4.79 Å². The molecule has 0 atom stereocenters. The second kappa shape index (κ2) is 10.1. The largest absolute Gasteiger partial charge is 0.356 e. The first-order valence-corrected chi connectivity index (χ1v) is 12.1. The second-order valence-electron chi connectivity index (χ2n) is 7.96. The number of aryl methyl sites for hydroxylation is 1. The van der Waals surface area contributed by atoms with Crippen LogP contribution in [0.15, 0.2) is 35.6 Å². The van der Waals surface area contributed by atoms with Gasteiger partial charge in [-0.1, -0.05) is 36.4 Å². The van der Waals surface area contributed by atoms with E-state index in [1.807, 2.05) is 42.1 Å². The van der Waals surface area contributed by atoms with Gasteiger partial charge in [0.25, 0.3) is 5.91 Å². The van der Waals surface area contributed by atoms with Crippen molar-refractivity contribution in [2.75, 3.05) is 30.3 Å². The number of carbonyl (C=O) groups excluding carboxylic acids is 1. The Hall–Kier alpha value is -2.61. The molecule has 4 rings (SSSR count). The second-order valence-corrected chi connectivity index (χ2v) is 9.02. The van der Waals surface area contributed by atoms with Crippen LogP contribution >= 0.6 is 11.8 Å². The van der Waals surface area contributed by atoms with Crippen molar-refractivity contribution in [1.29, 1.82) is 0 Å². The third-order valence-corrected chi connectivity index (χ3v) is 6.49. The van der Waals surface area contributed by atoms with Crippen molar-refractivity contribution in [1.82, 2.24) is 25.1 Å². The number of anilines is 1. The first kappa shape index (κ1) is 21.6.